The molecule has 0 spiro atoms. The number of benzene rings is 2. The van der Waals surface area contributed by atoms with Crippen LogP contribution in [0.2, 0.25) is 5.02 Å². The normalized spacial score (nSPS) is 11.0. The number of nitrogens with zero attached hydrogens (tertiary/aromatic N) is 4. The van der Waals surface area contributed by atoms with E-state index in [4.69, 9.17) is 11.6 Å². The van der Waals surface area contributed by atoms with Gasteiger partial charge in [-0.05, 0) is 60.5 Å². The number of halogens is 3. The van der Waals surface area contributed by atoms with Crippen LogP contribution < -0.4 is 0 Å². The molecule has 2 aromatic heterocycles. The molecular weight excluding hydrogens is 478 g/mol. The second-order valence-electron chi connectivity index (χ2n) is 7.70. The Morgan fingerprint density at radius 1 is 1.09 bits per heavy atom. The first-order chi connectivity index (χ1) is 16.3. The Morgan fingerprint density at radius 2 is 1.79 bits per heavy atom. The molecule has 1 amide bonds. The van der Waals surface area contributed by atoms with E-state index >= 15 is 0 Å². The van der Waals surface area contributed by atoms with Crippen molar-refractivity contribution >= 4 is 29.3 Å². The predicted molar refractivity (Wildman–Crippen MR) is 129 cm³/mol. The van der Waals surface area contributed by atoms with Crippen LogP contribution in [0.4, 0.5) is 8.78 Å². The molecule has 0 aliphatic heterocycles. The third-order valence-corrected chi connectivity index (χ3v) is 6.78. The van der Waals surface area contributed by atoms with Crippen LogP contribution in [0.5, 0.6) is 0 Å². The zero-order valence-electron chi connectivity index (χ0n) is 18.5. The number of imidazole rings is 1. The van der Waals surface area contributed by atoms with Gasteiger partial charge in [0, 0.05) is 43.0 Å². The maximum Gasteiger partial charge on any atom is 0.272 e. The van der Waals surface area contributed by atoms with E-state index in [0.29, 0.717) is 33.7 Å². The molecule has 0 fully saturated rings. The number of thioether (sulfide) groups is 1. The highest BCUT2D eigenvalue weighted by Crippen LogP contribution is 2.32. The number of rotatable bonds is 7. The molecule has 2 heterocycles. The molecule has 2 aromatic carbocycles. The Bertz CT molecular complexity index is 1310. The topological polar surface area (TPSA) is 51.0 Å². The van der Waals surface area contributed by atoms with Gasteiger partial charge in [0.25, 0.3) is 5.91 Å². The fourth-order valence-corrected chi connectivity index (χ4v) is 4.76. The van der Waals surface area contributed by atoms with Crippen LogP contribution in [0.1, 0.15) is 27.2 Å². The Kier molecular flexibility index (Phi) is 7.29. The van der Waals surface area contributed by atoms with Crippen molar-refractivity contribution in [2.24, 2.45) is 0 Å². The Balaban J connectivity index is 1.67. The van der Waals surface area contributed by atoms with Gasteiger partial charge in [-0.15, -0.1) is 0 Å². The standard InChI is InChI=1S/C25H21ClF2N4OS/c1-16-3-8-21(28)20(23(16)26)15-34-25-30-13-22(32(25)19-6-4-18(27)5-7-19)24(33)31(2)14-17-9-11-29-12-10-17/h3-13H,14-15H2,1-2H3. The van der Waals surface area contributed by atoms with Gasteiger partial charge in [-0.25, -0.2) is 13.8 Å². The first-order valence-electron chi connectivity index (χ1n) is 10.4. The van der Waals surface area contributed by atoms with E-state index in [0.717, 1.165) is 11.1 Å². The number of amides is 1. The zero-order chi connectivity index (χ0) is 24.2. The molecule has 0 atom stereocenters. The maximum atomic E-state index is 14.4. The van der Waals surface area contributed by atoms with Gasteiger partial charge in [0.05, 0.1) is 11.2 Å². The highest BCUT2D eigenvalue weighted by Gasteiger charge is 2.22. The Hall–Kier alpha value is -3.23. The van der Waals surface area contributed by atoms with Crippen molar-refractivity contribution in [2.45, 2.75) is 24.4 Å². The summed E-state index contributed by atoms with van der Waals surface area (Å²) in [5.74, 6) is -0.851. The minimum atomic E-state index is -0.406. The van der Waals surface area contributed by atoms with E-state index in [1.165, 1.54) is 36.2 Å². The van der Waals surface area contributed by atoms with Gasteiger partial charge in [0.2, 0.25) is 0 Å². The average Bonchev–Trinajstić information content (AvgIpc) is 3.26. The molecule has 0 saturated heterocycles. The van der Waals surface area contributed by atoms with Crippen LogP contribution in [0.15, 0.2) is 72.3 Å². The van der Waals surface area contributed by atoms with Gasteiger partial charge in [-0.2, -0.15) is 0 Å². The first-order valence-corrected chi connectivity index (χ1v) is 11.8. The molecule has 9 heteroatoms. The van der Waals surface area contributed by atoms with Gasteiger partial charge in [0.15, 0.2) is 5.16 Å². The van der Waals surface area contributed by atoms with E-state index in [1.807, 2.05) is 19.1 Å². The highest BCUT2D eigenvalue weighted by molar-refractivity contribution is 7.98. The van der Waals surface area contributed by atoms with Gasteiger partial charge < -0.3 is 4.90 Å². The average molecular weight is 499 g/mol. The maximum absolute atomic E-state index is 14.4. The fraction of sp³-hybridized carbons (Fsp3) is 0.160. The number of pyridine rings is 1. The van der Waals surface area contributed by atoms with Gasteiger partial charge in [-0.3, -0.25) is 14.3 Å². The minimum Gasteiger partial charge on any atom is -0.336 e. The van der Waals surface area contributed by atoms with Crippen molar-refractivity contribution in [3.8, 4) is 5.69 Å². The quantitative estimate of drug-likeness (QED) is 0.290. The molecule has 4 rings (SSSR count). The van der Waals surface area contributed by atoms with Crippen LogP contribution in [0.3, 0.4) is 0 Å². The lowest BCUT2D eigenvalue weighted by molar-refractivity contribution is 0.0776. The Labute approximate surface area is 205 Å². The summed E-state index contributed by atoms with van der Waals surface area (Å²) in [5.41, 5.74) is 2.94. The summed E-state index contributed by atoms with van der Waals surface area (Å²) in [6.45, 7) is 2.19. The number of hydrogen-bond acceptors (Lipinski definition) is 4. The number of aromatic nitrogens is 3. The smallest absolute Gasteiger partial charge is 0.272 e. The highest BCUT2D eigenvalue weighted by atomic mass is 35.5. The molecule has 0 aliphatic carbocycles. The largest absolute Gasteiger partial charge is 0.336 e. The number of aryl methyl sites for hydroxylation is 1. The molecule has 0 radical (unpaired) electrons. The van der Waals surface area contributed by atoms with Crippen LogP contribution >= 0.6 is 23.4 Å². The van der Waals surface area contributed by atoms with Gasteiger partial charge in [-0.1, -0.05) is 29.4 Å². The molecule has 174 valence electrons. The van der Waals surface area contributed by atoms with Crippen LogP contribution in [0.25, 0.3) is 5.69 Å². The lowest BCUT2D eigenvalue weighted by atomic mass is 10.1. The van der Waals surface area contributed by atoms with Gasteiger partial charge in [0.1, 0.15) is 17.3 Å². The minimum absolute atomic E-state index is 0.213. The van der Waals surface area contributed by atoms with Crippen LogP contribution in [-0.4, -0.2) is 32.4 Å². The molecule has 0 aliphatic rings. The molecule has 0 bridgehead atoms. The molecule has 0 N–H and O–H groups in total. The van der Waals surface area contributed by atoms with Gasteiger partial charge >= 0.3 is 0 Å². The second kappa shape index (κ2) is 10.4. The summed E-state index contributed by atoms with van der Waals surface area (Å²) in [5, 5.41) is 0.824. The fourth-order valence-electron chi connectivity index (χ4n) is 3.44. The van der Waals surface area contributed by atoms with E-state index in [1.54, 1.807) is 47.1 Å². The summed E-state index contributed by atoms with van der Waals surface area (Å²) >= 11 is 7.57. The van der Waals surface area contributed by atoms with E-state index < -0.39 is 11.6 Å². The molecular formula is C25H21ClF2N4OS. The second-order valence-corrected chi connectivity index (χ2v) is 9.02. The molecule has 4 aromatic rings. The molecule has 0 saturated carbocycles. The zero-order valence-corrected chi connectivity index (χ0v) is 20.1. The van der Waals surface area contributed by atoms with Crippen molar-refractivity contribution in [1.82, 2.24) is 19.4 Å². The van der Waals surface area contributed by atoms with Crippen molar-refractivity contribution in [2.75, 3.05) is 7.05 Å². The molecule has 5 nitrogen and oxygen atoms in total. The summed E-state index contributed by atoms with van der Waals surface area (Å²) in [6, 6.07) is 12.5. The van der Waals surface area contributed by atoms with Crippen molar-refractivity contribution in [3.63, 3.8) is 0 Å². The molecule has 34 heavy (non-hydrogen) atoms. The number of carbonyl (C=O) groups is 1. The van der Waals surface area contributed by atoms with Crippen LogP contribution in [0, 0.1) is 18.6 Å². The van der Waals surface area contributed by atoms with E-state index in [9.17, 15) is 13.6 Å². The van der Waals surface area contributed by atoms with Crippen molar-refractivity contribution < 1.29 is 13.6 Å². The van der Waals surface area contributed by atoms with Crippen molar-refractivity contribution in [1.29, 1.82) is 0 Å². The van der Waals surface area contributed by atoms with E-state index in [2.05, 4.69) is 9.97 Å². The third-order valence-electron chi connectivity index (χ3n) is 5.27. The van der Waals surface area contributed by atoms with E-state index in [-0.39, 0.29) is 11.7 Å². The summed E-state index contributed by atoms with van der Waals surface area (Å²) in [7, 11) is 1.69. The Morgan fingerprint density at radius 3 is 2.50 bits per heavy atom. The summed E-state index contributed by atoms with van der Waals surface area (Å²) in [6.07, 6.45) is 4.81. The summed E-state index contributed by atoms with van der Waals surface area (Å²) < 4.78 is 29.7. The summed E-state index contributed by atoms with van der Waals surface area (Å²) in [4.78, 5) is 23.3. The third kappa shape index (κ3) is 5.13. The lowest BCUT2D eigenvalue weighted by Crippen LogP contribution is -2.28. The SMILES string of the molecule is Cc1ccc(F)c(CSc2ncc(C(=O)N(C)Cc3ccncc3)n2-c2ccc(F)cc2)c1Cl. The predicted octanol–water partition coefficient (Wildman–Crippen LogP) is 6.07. The van der Waals surface area contributed by atoms with Crippen LogP contribution in [-0.2, 0) is 12.3 Å². The number of hydrogen-bond donors (Lipinski definition) is 0. The molecule has 0 unspecified atom stereocenters. The monoisotopic (exact) mass is 498 g/mol. The van der Waals surface area contributed by atoms with Crippen molar-refractivity contribution in [3.05, 3.63) is 106 Å². The number of carbonyl (C=O) groups excluding carboxylic acids is 1. The first kappa shape index (κ1) is 23.9. The lowest BCUT2D eigenvalue weighted by Gasteiger charge is -2.19.